The van der Waals surface area contributed by atoms with Crippen LogP contribution in [0.4, 0.5) is 0 Å². The van der Waals surface area contributed by atoms with Crippen LogP contribution in [0.5, 0.6) is 5.75 Å². The molecule has 0 aliphatic carbocycles. The third-order valence-corrected chi connectivity index (χ3v) is 3.02. The number of pyridine rings is 1. The summed E-state index contributed by atoms with van der Waals surface area (Å²) < 4.78 is 7.07. The molecule has 0 aliphatic rings. The molecule has 5 nitrogen and oxygen atoms in total. The first-order valence-corrected chi connectivity index (χ1v) is 5.92. The third kappa shape index (κ3) is 2.76. The van der Waals surface area contributed by atoms with Crippen LogP contribution in [0, 0.1) is 13.8 Å². The van der Waals surface area contributed by atoms with Gasteiger partial charge >= 0.3 is 5.97 Å². The Morgan fingerprint density at radius 2 is 2.16 bits per heavy atom. The monoisotopic (exact) mass is 260 g/mol. The van der Waals surface area contributed by atoms with Gasteiger partial charge in [0.25, 0.3) is 0 Å². The lowest BCUT2D eigenvalue weighted by molar-refractivity contribution is 0.0696. The highest BCUT2D eigenvalue weighted by Gasteiger charge is 2.12. The molecule has 0 saturated heterocycles. The molecule has 0 aliphatic heterocycles. The summed E-state index contributed by atoms with van der Waals surface area (Å²) in [5.74, 6) is -0.156. The maximum Gasteiger partial charge on any atom is 0.337 e. The van der Waals surface area contributed by atoms with Crippen molar-refractivity contribution in [3.05, 3.63) is 47.0 Å². The molecule has 2 heterocycles. The molecule has 19 heavy (non-hydrogen) atoms. The second-order valence-corrected chi connectivity index (χ2v) is 4.39. The Bertz CT molecular complexity index is 617. The van der Waals surface area contributed by atoms with Crippen LogP contribution in [0.25, 0.3) is 0 Å². The fourth-order valence-corrected chi connectivity index (χ4v) is 2.03. The summed E-state index contributed by atoms with van der Waals surface area (Å²) in [7, 11) is 1.61. The van der Waals surface area contributed by atoms with E-state index in [1.54, 1.807) is 26.3 Å². The van der Waals surface area contributed by atoms with Gasteiger partial charge in [-0.1, -0.05) is 0 Å². The van der Waals surface area contributed by atoms with Crippen molar-refractivity contribution in [1.29, 1.82) is 0 Å². The Hall–Kier alpha value is -2.30. The molecule has 0 saturated carbocycles. The fraction of sp³-hybridized carbons (Fsp3) is 0.286. The average Bonchev–Trinajstić information content (AvgIpc) is 2.70. The van der Waals surface area contributed by atoms with Gasteiger partial charge in [-0.05, 0) is 19.9 Å². The molecule has 0 spiro atoms. The van der Waals surface area contributed by atoms with E-state index in [4.69, 9.17) is 9.84 Å². The van der Waals surface area contributed by atoms with Crippen molar-refractivity contribution in [3.8, 4) is 5.75 Å². The zero-order valence-corrected chi connectivity index (χ0v) is 11.2. The SMILES string of the molecule is COc1cc(C)nc(Cn2ccc(C(=O)O)c2C)c1. The van der Waals surface area contributed by atoms with E-state index in [1.165, 1.54) is 0 Å². The highest BCUT2D eigenvalue weighted by atomic mass is 16.5. The first kappa shape index (κ1) is 13.1. The number of carbonyl (C=O) groups is 1. The van der Waals surface area contributed by atoms with Crippen LogP contribution in [0.15, 0.2) is 24.4 Å². The zero-order valence-electron chi connectivity index (χ0n) is 11.2. The molecular weight excluding hydrogens is 244 g/mol. The molecule has 2 aromatic rings. The Labute approximate surface area is 111 Å². The Balaban J connectivity index is 2.31. The van der Waals surface area contributed by atoms with E-state index in [1.807, 2.05) is 23.6 Å². The Morgan fingerprint density at radius 3 is 2.74 bits per heavy atom. The minimum absolute atomic E-state index is 0.319. The van der Waals surface area contributed by atoms with E-state index in [0.717, 1.165) is 22.8 Å². The summed E-state index contributed by atoms with van der Waals surface area (Å²) in [4.78, 5) is 15.4. The van der Waals surface area contributed by atoms with Gasteiger partial charge in [-0.25, -0.2) is 4.79 Å². The van der Waals surface area contributed by atoms with Crippen molar-refractivity contribution in [2.75, 3.05) is 7.11 Å². The number of aryl methyl sites for hydroxylation is 1. The first-order chi connectivity index (χ1) is 9.01. The number of ether oxygens (including phenoxy) is 1. The maximum absolute atomic E-state index is 11.0. The third-order valence-electron chi connectivity index (χ3n) is 3.02. The molecule has 0 unspecified atom stereocenters. The predicted octanol–water partition coefficient (Wildman–Crippen LogP) is 2.26. The number of aromatic carboxylic acids is 1. The average molecular weight is 260 g/mol. The topological polar surface area (TPSA) is 64.4 Å². The van der Waals surface area contributed by atoms with E-state index in [0.29, 0.717) is 12.1 Å². The largest absolute Gasteiger partial charge is 0.497 e. The van der Waals surface area contributed by atoms with Crippen LogP contribution < -0.4 is 4.74 Å². The van der Waals surface area contributed by atoms with Gasteiger partial charge in [-0.15, -0.1) is 0 Å². The van der Waals surface area contributed by atoms with Crippen molar-refractivity contribution in [2.45, 2.75) is 20.4 Å². The Morgan fingerprint density at radius 1 is 1.42 bits per heavy atom. The van der Waals surface area contributed by atoms with Crippen molar-refractivity contribution < 1.29 is 14.6 Å². The van der Waals surface area contributed by atoms with E-state index in [9.17, 15) is 4.79 Å². The molecule has 0 aromatic carbocycles. The van der Waals surface area contributed by atoms with Crippen molar-refractivity contribution in [3.63, 3.8) is 0 Å². The molecule has 0 amide bonds. The van der Waals surface area contributed by atoms with Gasteiger partial charge in [0.1, 0.15) is 5.75 Å². The highest BCUT2D eigenvalue weighted by Crippen LogP contribution is 2.16. The molecule has 1 N–H and O–H groups in total. The molecule has 100 valence electrons. The molecule has 2 aromatic heterocycles. The van der Waals surface area contributed by atoms with Crippen LogP contribution in [0.3, 0.4) is 0 Å². The number of hydrogen-bond donors (Lipinski definition) is 1. The van der Waals surface area contributed by atoms with Crippen LogP contribution in [0.2, 0.25) is 0 Å². The normalized spacial score (nSPS) is 10.5. The van der Waals surface area contributed by atoms with E-state index >= 15 is 0 Å². The van der Waals surface area contributed by atoms with Gasteiger partial charge in [0.15, 0.2) is 0 Å². The van der Waals surface area contributed by atoms with Crippen LogP contribution in [0.1, 0.15) is 27.4 Å². The Kier molecular flexibility index (Phi) is 3.55. The number of nitrogens with zero attached hydrogens (tertiary/aromatic N) is 2. The summed E-state index contributed by atoms with van der Waals surface area (Å²) >= 11 is 0. The van der Waals surface area contributed by atoms with Crippen molar-refractivity contribution in [2.24, 2.45) is 0 Å². The standard InChI is InChI=1S/C14H16N2O3/c1-9-6-12(19-3)7-11(15-9)8-16-5-4-13(10(16)2)14(17)18/h4-7H,8H2,1-3H3,(H,17,18). The van der Waals surface area contributed by atoms with Gasteiger partial charge in [0, 0.05) is 29.7 Å². The number of methoxy groups -OCH3 is 1. The second kappa shape index (κ2) is 5.14. The summed E-state index contributed by atoms with van der Waals surface area (Å²) in [6.45, 7) is 4.21. The first-order valence-electron chi connectivity index (χ1n) is 5.92. The number of carboxylic acids is 1. The lowest BCUT2D eigenvalue weighted by Gasteiger charge is -2.09. The quantitative estimate of drug-likeness (QED) is 0.915. The van der Waals surface area contributed by atoms with Crippen LogP contribution >= 0.6 is 0 Å². The van der Waals surface area contributed by atoms with E-state index in [-0.39, 0.29) is 0 Å². The molecule has 0 atom stereocenters. The van der Waals surface area contributed by atoms with E-state index in [2.05, 4.69) is 4.98 Å². The lowest BCUT2D eigenvalue weighted by Crippen LogP contribution is -2.06. The molecular formula is C14H16N2O3. The molecule has 2 rings (SSSR count). The van der Waals surface area contributed by atoms with Gasteiger partial charge < -0.3 is 14.4 Å². The van der Waals surface area contributed by atoms with Crippen molar-refractivity contribution >= 4 is 5.97 Å². The zero-order chi connectivity index (χ0) is 14.0. The lowest BCUT2D eigenvalue weighted by atomic mass is 10.2. The highest BCUT2D eigenvalue weighted by molar-refractivity contribution is 5.88. The fourth-order valence-electron chi connectivity index (χ4n) is 2.03. The van der Waals surface area contributed by atoms with Gasteiger partial charge in [0.2, 0.25) is 0 Å². The van der Waals surface area contributed by atoms with Gasteiger partial charge in [0.05, 0.1) is 24.9 Å². The van der Waals surface area contributed by atoms with E-state index < -0.39 is 5.97 Å². The number of hydrogen-bond acceptors (Lipinski definition) is 3. The molecule has 0 radical (unpaired) electrons. The number of carboxylic acid groups (broad SMARTS) is 1. The molecule has 0 fully saturated rings. The predicted molar refractivity (Wildman–Crippen MR) is 70.8 cm³/mol. The molecule has 5 heteroatoms. The summed E-state index contributed by atoms with van der Waals surface area (Å²) in [5, 5.41) is 9.02. The summed E-state index contributed by atoms with van der Waals surface area (Å²) in [6, 6.07) is 5.31. The number of aromatic nitrogens is 2. The summed E-state index contributed by atoms with van der Waals surface area (Å²) in [6.07, 6.45) is 1.76. The summed E-state index contributed by atoms with van der Waals surface area (Å²) in [5.41, 5.74) is 2.75. The molecule has 0 bridgehead atoms. The maximum atomic E-state index is 11.0. The van der Waals surface area contributed by atoms with Crippen molar-refractivity contribution in [1.82, 2.24) is 9.55 Å². The smallest absolute Gasteiger partial charge is 0.337 e. The van der Waals surface area contributed by atoms with Gasteiger partial charge in [-0.2, -0.15) is 0 Å². The minimum Gasteiger partial charge on any atom is -0.497 e. The minimum atomic E-state index is -0.911. The second-order valence-electron chi connectivity index (χ2n) is 4.39. The van der Waals surface area contributed by atoms with Crippen LogP contribution in [-0.2, 0) is 6.54 Å². The van der Waals surface area contributed by atoms with Crippen LogP contribution in [-0.4, -0.2) is 27.7 Å². The van der Waals surface area contributed by atoms with Gasteiger partial charge in [-0.3, -0.25) is 4.98 Å². The number of rotatable bonds is 4.